The summed E-state index contributed by atoms with van der Waals surface area (Å²) in [7, 11) is 1.52. The molecule has 72 valence electrons. The van der Waals surface area contributed by atoms with Gasteiger partial charge in [0.05, 0.1) is 7.11 Å². The first-order valence-electron chi connectivity index (χ1n) is 4.07. The van der Waals surface area contributed by atoms with Gasteiger partial charge < -0.3 is 4.74 Å². The molecule has 0 heterocycles. The molecule has 3 nitrogen and oxygen atoms in total. The van der Waals surface area contributed by atoms with Crippen molar-refractivity contribution in [3.8, 4) is 5.75 Å². The molecule has 1 aromatic carbocycles. The van der Waals surface area contributed by atoms with Gasteiger partial charge in [0.1, 0.15) is 12.0 Å². The van der Waals surface area contributed by atoms with Crippen LogP contribution in [0.2, 0.25) is 0 Å². The average Bonchev–Trinajstić information content (AvgIpc) is 2.25. The summed E-state index contributed by atoms with van der Waals surface area (Å²) in [5.74, 6) is 0.577. The van der Waals surface area contributed by atoms with E-state index >= 15 is 0 Å². The SMILES string of the molecule is COc1cccc(C=O)c1/C=C/C=O. The third-order valence-electron chi connectivity index (χ3n) is 1.79. The van der Waals surface area contributed by atoms with Crippen LogP contribution in [0.15, 0.2) is 24.3 Å². The fraction of sp³-hybridized carbons (Fsp3) is 0.0909. The highest BCUT2D eigenvalue weighted by molar-refractivity contribution is 5.86. The second-order valence-corrected chi connectivity index (χ2v) is 2.58. The van der Waals surface area contributed by atoms with Crippen LogP contribution in [0.3, 0.4) is 0 Å². The molecule has 0 radical (unpaired) electrons. The molecule has 0 amide bonds. The first-order valence-corrected chi connectivity index (χ1v) is 4.07. The maximum Gasteiger partial charge on any atom is 0.150 e. The zero-order valence-electron chi connectivity index (χ0n) is 7.77. The smallest absolute Gasteiger partial charge is 0.150 e. The minimum absolute atomic E-state index is 0.502. The summed E-state index contributed by atoms with van der Waals surface area (Å²) in [4.78, 5) is 20.8. The van der Waals surface area contributed by atoms with Crippen molar-refractivity contribution in [3.63, 3.8) is 0 Å². The largest absolute Gasteiger partial charge is 0.496 e. The van der Waals surface area contributed by atoms with Gasteiger partial charge in [-0.25, -0.2) is 0 Å². The summed E-state index contributed by atoms with van der Waals surface area (Å²) in [6, 6.07) is 5.12. The van der Waals surface area contributed by atoms with Gasteiger partial charge in [-0.05, 0) is 18.2 Å². The number of hydrogen-bond acceptors (Lipinski definition) is 3. The van der Waals surface area contributed by atoms with Gasteiger partial charge in [-0.2, -0.15) is 0 Å². The van der Waals surface area contributed by atoms with Crippen molar-refractivity contribution in [2.75, 3.05) is 7.11 Å². The van der Waals surface area contributed by atoms with Crippen LogP contribution in [0.4, 0.5) is 0 Å². The normalized spacial score (nSPS) is 10.1. The lowest BCUT2D eigenvalue weighted by Gasteiger charge is -2.05. The Bertz CT molecular complexity index is 367. The number of allylic oxidation sites excluding steroid dienone is 1. The summed E-state index contributed by atoms with van der Waals surface area (Å²) < 4.78 is 5.06. The molecule has 0 fully saturated rings. The van der Waals surface area contributed by atoms with E-state index in [-0.39, 0.29) is 0 Å². The number of benzene rings is 1. The molecule has 0 unspecified atom stereocenters. The average molecular weight is 190 g/mol. The van der Waals surface area contributed by atoms with E-state index in [4.69, 9.17) is 4.74 Å². The number of carbonyl (C=O) groups excluding carboxylic acids is 2. The minimum atomic E-state index is 0.502. The van der Waals surface area contributed by atoms with E-state index in [2.05, 4.69) is 0 Å². The van der Waals surface area contributed by atoms with Gasteiger partial charge >= 0.3 is 0 Å². The molecule has 0 N–H and O–H groups in total. The lowest BCUT2D eigenvalue weighted by atomic mass is 10.1. The molecule has 3 heteroatoms. The Hall–Kier alpha value is -1.90. The number of rotatable bonds is 4. The molecule has 14 heavy (non-hydrogen) atoms. The fourth-order valence-corrected chi connectivity index (χ4v) is 1.16. The Morgan fingerprint density at radius 1 is 1.29 bits per heavy atom. The molecular weight excluding hydrogens is 180 g/mol. The Balaban J connectivity index is 3.25. The molecule has 1 aromatic rings. The van der Waals surface area contributed by atoms with E-state index in [0.717, 1.165) is 6.29 Å². The molecule has 0 saturated carbocycles. The Kier molecular flexibility index (Phi) is 3.61. The van der Waals surface area contributed by atoms with Gasteiger partial charge in [-0.15, -0.1) is 0 Å². The molecule has 0 aromatic heterocycles. The summed E-state index contributed by atoms with van der Waals surface area (Å²) in [5.41, 5.74) is 1.12. The van der Waals surface area contributed by atoms with E-state index in [9.17, 15) is 9.59 Å². The summed E-state index contributed by atoms with van der Waals surface area (Å²) >= 11 is 0. The lowest BCUT2D eigenvalue weighted by Crippen LogP contribution is -1.92. The topological polar surface area (TPSA) is 43.4 Å². The highest BCUT2D eigenvalue weighted by atomic mass is 16.5. The summed E-state index contributed by atoms with van der Waals surface area (Å²) in [6.45, 7) is 0. The highest BCUT2D eigenvalue weighted by Gasteiger charge is 2.04. The van der Waals surface area contributed by atoms with Crippen LogP contribution in [0.5, 0.6) is 5.75 Å². The Labute approximate surface area is 82.0 Å². The zero-order chi connectivity index (χ0) is 10.4. The Morgan fingerprint density at radius 3 is 2.64 bits per heavy atom. The molecule has 0 aliphatic carbocycles. The molecule has 0 bridgehead atoms. The van der Waals surface area contributed by atoms with E-state index in [1.807, 2.05) is 0 Å². The molecule has 1 rings (SSSR count). The molecule has 0 aliphatic heterocycles. The maximum absolute atomic E-state index is 10.7. The third kappa shape index (κ3) is 2.07. The van der Waals surface area contributed by atoms with Crippen LogP contribution in [-0.4, -0.2) is 19.7 Å². The highest BCUT2D eigenvalue weighted by Crippen LogP contribution is 2.22. The molecule has 0 atom stereocenters. The summed E-state index contributed by atoms with van der Waals surface area (Å²) in [6.07, 6.45) is 4.26. The fourth-order valence-electron chi connectivity index (χ4n) is 1.16. The zero-order valence-corrected chi connectivity index (χ0v) is 7.77. The maximum atomic E-state index is 10.7. The first-order chi connectivity index (χ1) is 6.83. The molecule has 0 aliphatic rings. The third-order valence-corrected chi connectivity index (χ3v) is 1.79. The van der Waals surface area contributed by atoms with Crippen LogP contribution >= 0.6 is 0 Å². The minimum Gasteiger partial charge on any atom is -0.496 e. The number of hydrogen-bond donors (Lipinski definition) is 0. The van der Waals surface area contributed by atoms with Gasteiger partial charge in [0.25, 0.3) is 0 Å². The lowest BCUT2D eigenvalue weighted by molar-refractivity contribution is -0.104. The van der Waals surface area contributed by atoms with E-state index in [0.29, 0.717) is 23.2 Å². The molecule has 0 saturated heterocycles. The molecular formula is C11H10O3. The van der Waals surface area contributed by atoms with Crippen LogP contribution in [0.1, 0.15) is 15.9 Å². The van der Waals surface area contributed by atoms with Gasteiger partial charge in [0, 0.05) is 11.1 Å². The number of aldehydes is 2. The van der Waals surface area contributed by atoms with Gasteiger partial charge in [0.15, 0.2) is 6.29 Å². The van der Waals surface area contributed by atoms with Gasteiger partial charge in [-0.1, -0.05) is 12.1 Å². The second kappa shape index (κ2) is 4.97. The molecule has 0 spiro atoms. The number of ether oxygens (including phenoxy) is 1. The second-order valence-electron chi connectivity index (χ2n) is 2.58. The Morgan fingerprint density at radius 2 is 2.07 bits per heavy atom. The van der Waals surface area contributed by atoms with E-state index < -0.39 is 0 Å². The summed E-state index contributed by atoms with van der Waals surface area (Å²) in [5, 5.41) is 0. The van der Waals surface area contributed by atoms with Crippen molar-refractivity contribution in [2.24, 2.45) is 0 Å². The van der Waals surface area contributed by atoms with Crippen molar-refractivity contribution in [1.29, 1.82) is 0 Å². The van der Waals surface area contributed by atoms with Gasteiger partial charge in [0.2, 0.25) is 0 Å². The van der Waals surface area contributed by atoms with Crippen molar-refractivity contribution in [1.82, 2.24) is 0 Å². The first kappa shape index (κ1) is 10.2. The van der Waals surface area contributed by atoms with Gasteiger partial charge in [-0.3, -0.25) is 9.59 Å². The van der Waals surface area contributed by atoms with Crippen molar-refractivity contribution >= 4 is 18.6 Å². The van der Waals surface area contributed by atoms with Crippen molar-refractivity contribution in [2.45, 2.75) is 0 Å². The van der Waals surface area contributed by atoms with Crippen LogP contribution in [-0.2, 0) is 4.79 Å². The number of methoxy groups -OCH3 is 1. The van der Waals surface area contributed by atoms with E-state index in [1.165, 1.54) is 13.2 Å². The standard InChI is InChI=1S/C11H10O3/c1-14-11-6-2-4-9(8-13)10(11)5-3-7-12/h2-8H,1H3/b5-3+. The van der Waals surface area contributed by atoms with Crippen LogP contribution in [0.25, 0.3) is 6.08 Å². The quantitative estimate of drug-likeness (QED) is 0.536. The monoisotopic (exact) mass is 190 g/mol. The van der Waals surface area contributed by atoms with Crippen molar-refractivity contribution < 1.29 is 14.3 Å². The number of carbonyl (C=O) groups is 2. The van der Waals surface area contributed by atoms with Crippen LogP contribution in [0, 0.1) is 0 Å². The predicted molar refractivity (Wildman–Crippen MR) is 53.5 cm³/mol. The van der Waals surface area contributed by atoms with E-state index in [1.54, 1.807) is 24.3 Å². The van der Waals surface area contributed by atoms with Crippen molar-refractivity contribution in [3.05, 3.63) is 35.4 Å². The predicted octanol–water partition coefficient (Wildman–Crippen LogP) is 1.72. The van der Waals surface area contributed by atoms with Crippen LogP contribution < -0.4 is 4.74 Å².